The van der Waals surface area contributed by atoms with Crippen LogP contribution >= 0.6 is 0 Å². The minimum Gasteiger partial charge on any atom is -0.377 e. The van der Waals surface area contributed by atoms with Crippen LogP contribution in [0.4, 0.5) is 0 Å². The Morgan fingerprint density at radius 1 is 1.43 bits per heavy atom. The van der Waals surface area contributed by atoms with E-state index < -0.39 is 0 Å². The second-order valence-electron chi connectivity index (χ2n) is 6.24. The van der Waals surface area contributed by atoms with Gasteiger partial charge in [0.25, 0.3) is 5.91 Å². The predicted molar refractivity (Wildman–Crippen MR) is 85.3 cm³/mol. The predicted octanol–water partition coefficient (Wildman–Crippen LogP) is 2.02. The van der Waals surface area contributed by atoms with Gasteiger partial charge in [0.05, 0.1) is 36.7 Å². The highest BCUT2D eigenvalue weighted by molar-refractivity contribution is 5.94. The molecule has 1 aliphatic rings. The van der Waals surface area contributed by atoms with E-state index in [1.54, 1.807) is 10.9 Å². The van der Waals surface area contributed by atoms with Gasteiger partial charge in [0.2, 0.25) is 0 Å². The lowest BCUT2D eigenvalue weighted by molar-refractivity contribution is -0.00302. The fourth-order valence-electron chi connectivity index (χ4n) is 3.03. The van der Waals surface area contributed by atoms with Crippen LogP contribution in [0.25, 0.3) is 0 Å². The summed E-state index contributed by atoms with van der Waals surface area (Å²) in [6.45, 7) is 9.62. The Bertz CT molecular complexity index is 684. The lowest BCUT2D eigenvalue weighted by Gasteiger charge is -2.35. The van der Waals surface area contributed by atoms with Crippen LogP contribution < -0.4 is 0 Å². The van der Waals surface area contributed by atoms with Crippen LogP contribution in [0, 0.1) is 13.8 Å². The number of hydrogen-bond donors (Lipinski definition) is 1. The van der Waals surface area contributed by atoms with Gasteiger partial charge in [-0.1, -0.05) is 0 Å². The maximum absolute atomic E-state index is 13.0. The number of carbonyl (C=O) groups excluding carboxylic acids is 1. The van der Waals surface area contributed by atoms with Gasteiger partial charge in [-0.2, -0.15) is 10.2 Å². The van der Waals surface area contributed by atoms with E-state index in [1.165, 1.54) is 0 Å². The molecule has 0 aliphatic carbocycles. The van der Waals surface area contributed by atoms with Crippen LogP contribution in [0.5, 0.6) is 0 Å². The minimum atomic E-state index is -0.114. The number of ether oxygens (including phenoxy) is 1. The van der Waals surface area contributed by atoms with Gasteiger partial charge in [-0.15, -0.1) is 0 Å². The molecule has 0 bridgehead atoms. The summed E-state index contributed by atoms with van der Waals surface area (Å²) in [7, 11) is 0. The topological polar surface area (TPSA) is 76.0 Å². The molecule has 1 saturated heterocycles. The SMILES string of the molecule is Cc1n[nH]c(C)c1[C@@H]1COCCN1C(=O)c1cnn(C(C)C)c1. The number of nitrogens with zero attached hydrogens (tertiary/aromatic N) is 4. The Labute approximate surface area is 135 Å². The molecular weight excluding hydrogens is 294 g/mol. The first kappa shape index (κ1) is 15.7. The standard InChI is InChI=1S/C16H23N5O2/c1-10(2)21-8-13(7-17-21)16(22)20-5-6-23-9-14(20)15-11(3)18-19-12(15)4/h7-8,10,14H,5-6,9H2,1-4H3,(H,18,19)/t14-/m0/s1. The van der Waals surface area contributed by atoms with Crippen molar-refractivity contribution in [3.05, 3.63) is 34.9 Å². The Hall–Kier alpha value is -2.15. The van der Waals surface area contributed by atoms with Crippen LogP contribution in [0.3, 0.4) is 0 Å². The quantitative estimate of drug-likeness (QED) is 0.939. The zero-order valence-corrected chi connectivity index (χ0v) is 14.0. The molecule has 23 heavy (non-hydrogen) atoms. The molecule has 1 fully saturated rings. The van der Waals surface area contributed by atoms with Crippen molar-refractivity contribution >= 4 is 5.91 Å². The molecule has 0 saturated carbocycles. The molecule has 2 aromatic heterocycles. The van der Waals surface area contributed by atoms with Crippen LogP contribution in [-0.2, 0) is 4.74 Å². The van der Waals surface area contributed by atoms with Gasteiger partial charge in [-0.3, -0.25) is 14.6 Å². The maximum atomic E-state index is 13.0. The molecule has 1 aliphatic heterocycles. The molecule has 1 N–H and O–H groups in total. The number of carbonyl (C=O) groups is 1. The zero-order chi connectivity index (χ0) is 16.6. The fraction of sp³-hybridized carbons (Fsp3) is 0.562. The van der Waals surface area contributed by atoms with Gasteiger partial charge in [-0.05, 0) is 27.7 Å². The molecular formula is C16H23N5O2. The van der Waals surface area contributed by atoms with E-state index in [9.17, 15) is 4.79 Å². The minimum absolute atomic E-state index is 0.00907. The Kier molecular flexibility index (Phi) is 4.21. The second kappa shape index (κ2) is 6.16. The first-order valence-corrected chi connectivity index (χ1v) is 7.93. The maximum Gasteiger partial charge on any atom is 0.257 e. The molecule has 7 heteroatoms. The van der Waals surface area contributed by atoms with Crippen molar-refractivity contribution < 1.29 is 9.53 Å². The monoisotopic (exact) mass is 317 g/mol. The second-order valence-corrected chi connectivity index (χ2v) is 6.24. The van der Waals surface area contributed by atoms with Gasteiger partial charge in [0.15, 0.2) is 0 Å². The van der Waals surface area contributed by atoms with Crippen molar-refractivity contribution in [2.45, 2.75) is 39.8 Å². The molecule has 0 aromatic carbocycles. The van der Waals surface area contributed by atoms with E-state index in [4.69, 9.17) is 4.74 Å². The Morgan fingerprint density at radius 2 is 2.22 bits per heavy atom. The van der Waals surface area contributed by atoms with Crippen molar-refractivity contribution in [1.29, 1.82) is 0 Å². The van der Waals surface area contributed by atoms with Crippen molar-refractivity contribution in [2.75, 3.05) is 19.8 Å². The van der Waals surface area contributed by atoms with Gasteiger partial charge < -0.3 is 9.64 Å². The fourth-order valence-corrected chi connectivity index (χ4v) is 3.03. The highest BCUT2D eigenvalue weighted by Crippen LogP contribution is 2.29. The van der Waals surface area contributed by atoms with Gasteiger partial charge in [-0.25, -0.2) is 0 Å². The molecule has 0 unspecified atom stereocenters. The summed E-state index contributed by atoms with van der Waals surface area (Å²) in [5.41, 5.74) is 3.56. The molecule has 3 rings (SSSR count). The molecule has 0 spiro atoms. The number of hydrogen-bond acceptors (Lipinski definition) is 4. The third-order valence-electron chi connectivity index (χ3n) is 4.29. The molecule has 1 amide bonds. The highest BCUT2D eigenvalue weighted by atomic mass is 16.5. The van der Waals surface area contributed by atoms with Gasteiger partial charge in [0, 0.05) is 30.0 Å². The lowest BCUT2D eigenvalue weighted by Crippen LogP contribution is -2.43. The van der Waals surface area contributed by atoms with Crippen LogP contribution in [0.15, 0.2) is 12.4 Å². The first-order valence-electron chi connectivity index (χ1n) is 7.93. The molecule has 7 nitrogen and oxygen atoms in total. The van der Waals surface area contributed by atoms with Crippen molar-refractivity contribution in [1.82, 2.24) is 24.9 Å². The first-order chi connectivity index (χ1) is 11.0. The zero-order valence-electron chi connectivity index (χ0n) is 14.0. The number of H-pyrrole nitrogens is 1. The average molecular weight is 317 g/mol. The lowest BCUT2D eigenvalue weighted by atomic mass is 10.0. The molecule has 0 radical (unpaired) electrons. The summed E-state index contributed by atoms with van der Waals surface area (Å²) in [5.74, 6) is -0.00907. The molecule has 2 aromatic rings. The molecule has 124 valence electrons. The third-order valence-corrected chi connectivity index (χ3v) is 4.29. The largest absolute Gasteiger partial charge is 0.377 e. The number of aromatic amines is 1. The van der Waals surface area contributed by atoms with Crippen LogP contribution in [0.1, 0.15) is 53.2 Å². The number of rotatable bonds is 3. The normalized spacial score (nSPS) is 18.7. The number of aromatic nitrogens is 4. The van der Waals surface area contributed by atoms with E-state index in [2.05, 4.69) is 15.3 Å². The Balaban J connectivity index is 1.90. The summed E-state index contributed by atoms with van der Waals surface area (Å²) in [6.07, 6.45) is 3.46. The van der Waals surface area contributed by atoms with E-state index in [-0.39, 0.29) is 18.0 Å². The summed E-state index contributed by atoms with van der Waals surface area (Å²) in [5, 5.41) is 11.5. The summed E-state index contributed by atoms with van der Waals surface area (Å²) in [6, 6.07) is 0.118. The van der Waals surface area contributed by atoms with Crippen LogP contribution in [-0.4, -0.2) is 50.5 Å². The van der Waals surface area contributed by atoms with E-state index >= 15 is 0 Å². The number of amides is 1. The third kappa shape index (κ3) is 2.88. The van der Waals surface area contributed by atoms with Crippen molar-refractivity contribution in [3.8, 4) is 0 Å². The average Bonchev–Trinajstić information content (AvgIpc) is 3.14. The van der Waals surface area contributed by atoms with Crippen molar-refractivity contribution in [3.63, 3.8) is 0 Å². The van der Waals surface area contributed by atoms with Gasteiger partial charge in [0.1, 0.15) is 0 Å². The number of aryl methyl sites for hydroxylation is 2. The van der Waals surface area contributed by atoms with E-state index in [0.29, 0.717) is 25.3 Å². The van der Waals surface area contributed by atoms with Crippen molar-refractivity contribution in [2.24, 2.45) is 0 Å². The summed E-state index contributed by atoms with van der Waals surface area (Å²) < 4.78 is 7.42. The summed E-state index contributed by atoms with van der Waals surface area (Å²) >= 11 is 0. The molecule has 3 heterocycles. The number of morpholine rings is 1. The van der Waals surface area contributed by atoms with Crippen LogP contribution in [0.2, 0.25) is 0 Å². The van der Waals surface area contributed by atoms with Gasteiger partial charge >= 0.3 is 0 Å². The van der Waals surface area contributed by atoms with E-state index in [1.807, 2.05) is 38.8 Å². The smallest absolute Gasteiger partial charge is 0.257 e. The summed E-state index contributed by atoms with van der Waals surface area (Å²) in [4.78, 5) is 14.8. The molecule has 1 atom stereocenters. The Morgan fingerprint density at radius 3 is 2.83 bits per heavy atom. The highest BCUT2D eigenvalue weighted by Gasteiger charge is 2.32. The number of nitrogens with one attached hydrogen (secondary N) is 1. The van der Waals surface area contributed by atoms with E-state index in [0.717, 1.165) is 17.0 Å².